The Kier molecular flexibility index (Phi) is 7.46. The van der Waals surface area contributed by atoms with Crippen LogP contribution in [0.1, 0.15) is 22.7 Å². The first kappa shape index (κ1) is 21.4. The van der Waals surface area contributed by atoms with E-state index in [2.05, 4.69) is 10.6 Å². The molecule has 3 rings (SSSR count). The minimum absolute atomic E-state index is 0.104. The molecule has 0 unspecified atom stereocenters. The molecular weight excluding hydrogens is 376 g/mol. The molecule has 1 amide bonds. The number of carbonyl (C=O) groups is 1. The van der Waals surface area contributed by atoms with Crippen LogP contribution < -0.4 is 20.1 Å². The van der Waals surface area contributed by atoms with Crippen LogP contribution in [0.3, 0.4) is 0 Å². The summed E-state index contributed by atoms with van der Waals surface area (Å²) in [5.74, 6) is 1.26. The molecule has 0 heterocycles. The standard InChI is InChI=1S/C25H28N2O3/c1-18-13-14-19(2)21(17-18)27-25(28)24(20-9-5-4-6-10-20)26-15-16-30-23-12-8-7-11-22(23)29-3/h4-14,17,24,26H,15-16H2,1-3H3,(H,27,28)/t24-/m1/s1. The fourth-order valence-corrected chi connectivity index (χ4v) is 3.19. The Morgan fingerprint density at radius 2 is 1.63 bits per heavy atom. The van der Waals surface area contributed by atoms with E-state index in [0.717, 1.165) is 22.4 Å². The lowest BCUT2D eigenvalue weighted by molar-refractivity contribution is -0.118. The lowest BCUT2D eigenvalue weighted by Gasteiger charge is -2.20. The van der Waals surface area contributed by atoms with Gasteiger partial charge in [0.05, 0.1) is 7.11 Å². The molecule has 0 spiro atoms. The van der Waals surface area contributed by atoms with Gasteiger partial charge in [0, 0.05) is 12.2 Å². The van der Waals surface area contributed by atoms with Crippen molar-refractivity contribution in [2.45, 2.75) is 19.9 Å². The van der Waals surface area contributed by atoms with Gasteiger partial charge >= 0.3 is 0 Å². The molecular formula is C25H28N2O3. The van der Waals surface area contributed by atoms with Crippen LogP contribution in [0.4, 0.5) is 5.69 Å². The molecule has 0 aliphatic rings. The Hall–Kier alpha value is -3.31. The maximum absolute atomic E-state index is 13.1. The number of nitrogens with one attached hydrogen (secondary N) is 2. The predicted octanol–water partition coefficient (Wildman–Crippen LogP) is 4.66. The van der Waals surface area contributed by atoms with Crippen molar-refractivity contribution in [1.82, 2.24) is 5.32 Å². The zero-order valence-electron chi connectivity index (χ0n) is 17.6. The number of benzene rings is 3. The number of aryl methyl sites for hydroxylation is 2. The molecule has 0 fully saturated rings. The van der Waals surface area contributed by atoms with Crippen LogP contribution in [0, 0.1) is 13.8 Å². The summed E-state index contributed by atoms with van der Waals surface area (Å²) in [6, 6.07) is 22.7. The molecule has 2 N–H and O–H groups in total. The molecule has 0 aromatic heterocycles. The number of hydrogen-bond donors (Lipinski definition) is 2. The van der Waals surface area contributed by atoms with E-state index < -0.39 is 6.04 Å². The molecule has 156 valence electrons. The zero-order chi connectivity index (χ0) is 21.3. The van der Waals surface area contributed by atoms with Gasteiger partial charge in [-0.1, -0.05) is 54.6 Å². The number of anilines is 1. The first-order valence-corrected chi connectivity index (χ1v) is 10.0. The number of rotatable bonds is 9. The summed E-state index contributed by atoms with van der Waals surface area (Å²) in [6.07, 6.45) is 0. The minimum atomic E-state index is -0.493. The lowest BCUT2D eigenvalue weighted by atomic mass is 10.1. The van der Waals surface area contributed by atoms with E-state index in [1.54, 1.807) is 7.11 Å². The van der Waals surface area contributed by atoms with Gasteiger partial charge in [-0.05, 0) is 48.7 Å². The molecule has 0 aliphatic carbocycles. The van der Waals surface area contributed by atoms with Crippen LogP contribution in [0.5, 0.6) is 11.5 Å². The summed E-state index contributed by atoms with van der Waals surface area (Å²) in [5.41, 5.74) is 3.86. The molecule has 0 saturated carbocycles. The van der Waals surface area contributed by atoms with E-state index in [4.69, 9.17) is 9.47 Å². The monoisotopic (exact) mass is 404 g/mol. The van der Waals surface area contributed by atoms with E-state index in [-0.39, 0.29) is 5.91 Å². The maximum atomic E-state index is 13.1. The Morgan fingerprint density at radius 1 is 0.933 bits per heavy atom. The Balaban J connectivity index is 1.67. The van der Waals surface area contributed by atoms with Gasteiger partial charge in [-0.15, -0.1) is 0 Å². The number of para-hydroxylation sites is 2. The number of methoxy groups -OCH3 is 1. The second-order valence-electron chi connectivity index (χ2n) is 7.10. The van der Waals surface area contributed by atoms with Gasteiger partial charge in [0.15, 0.2) is 11.5 Å². The SMILES string of the molecule is COc1ccccc1OCCN[C@@H](C(=O)Nc1cc(C)ccc1C)c1ccccc1. The highest BCUT2D eigenvalue weighted by atomic mass is 16.5. The molecule has 1 atom stereocenters. The number of amides is 1. The van der Waals surface area contributed by atoms with Crippen molar-refractivity contribution in [3.05, 3.63) is 89.5 Å². The number of ether oxygens (including phenoxy) is 2. The summed E-state index contributed by atoms with van der Waals surface area (Å²) in [7, 11) is 1.61. The van der Waals surface area contributed by atoms with Crippen molar-refractivity contribution >= 4 is 11.6 Å². The fraction of sp³-hybridized carbons (Fsp3) is 0.240. The minimum Gasteiger partial charge on any atom is -0.493 e. The van der Waals surface area contributed by atoms with Crippen LogP contribution in [0.2, 0.25) is 0 Å². The average Bonchev–Trinajstić information content (AvgIpc) is 2.77. The van der Waals surface area contributed by atoms with Crippen molar-refractivity contribution in [2.24, 2.45) is 0 Å². The Morgan fingerprint density at radius 3 is 2.37 bits per heavy atom. The number of hydrogen-bond acceptors (Lipinski definition) is 4. The van der Waals surface area contributed by atoms with Crippen molar-refractivity contribution < 1.29 is 14.3 Å². The van der Waals surface area contributed by atoms with Crippen LogP contribution in [-0.2, 0) is 4.79 Å². The summed E-state index contributed by atoms with van der Waals surface area (Å²) < 4.78 is 11.1. The van der Waals surface area contributed by atoms with Crippen LogP contribution in [0.15, 0.2) is 72.8 Å². The second kappa shape index (κ2) is 10.5. The first-order valence-electron chi connectivity index (χ1n) is 10.0. The van der Waals surface area contributed by atoms with Gasteiger partial charge in [-0.2, -0.15) is 0 Å². The van der Waals surface area contributed by atoms with E-state index >= 15 is 0 Å². The molecule has 0 aliphatic heterocycles. The Bertz CT molecular complexity index is 973. The summed E-state index contributed by atoms with van der Waals surface area (Å²) in [4.78, 5) is 13.1. The van der Waals surface area contributed by atoms with Crippen LogP contribution in [0.25, 0.3) is 0 Å². The van der Waals surface area contributed by atoms with Crippen molar-refractivity contribution in [2.75, 3.05) is 25.6 Å². The molecule has 0 bridgehead atoms. The smallest absolute Gasteiger partial charge is 0.246 e. The highest BCUT2D eigenvalue weighted by Gasteiger charge is 2.20. The van der Waals surface area contributed by atoms with Crippen molar-refractivity contribution in [1.29, 1.82) is 0 Å². The third-order valence-electron chi connectivity index (χ3n) is 4.82. The summed E-state index contributed by atoms with van der Waals surface area (Å²) in [5, 5.41) is 6.38. The van der Waals surface area contributed by atoms with Crippen molar-refractivity contribution in [3.8, 4) is 11.5 Å². The van der Waals surface area contributed by atoms with Gasteiger partial charge in [-0.25, -0.2) is 0 Å². The van der Waals surface area contributed by atoms with E-state index in [0.29, 0.717) is 24.7 Å². The molecule has 5 heteroatoms. The summed E-state index contributed by atoms with van der Waals surface area (Å²) >= 11 is 0. The molecule has 0 radical (unpaired) electrons. The number of carbonyl (C=O) groups excluding carboxylic acids is 1. The van der Waals surface area contributed by atoms with Gasteiger partial charge in [-0.3, -0.25) is 10.1 Å². The maximum Gasteiger partial charge on any atom is 0.246 e. The second-order valence-corrected chi connectivity index (χ2v) is 7.10. The zero-order valence-corrected chi connectivity index (χ0v) is 17.6. The molecule has 3 aromatic carbocycles. The topological polar surface area (TPSA) is 59.6 Å². The van der Waals surface area contributed by atoms with Crippen LogP contribution >= 0.6 is 0 Å². The third kappa shape index (κ3) is 5.61. The fourth-order valence-electron chi connectivity index (χ4n) is 3.19. The van der Waals surface area contributed by atoms with Crippen LogP contribution in [-0.4, -0.2) is 26.2 Å². The first-order chi connectivity index (χ1) is 14.6. The lowest BCUT2D eigenvalue weighted by Crippen LogP contribution is -2.35. The van der Waals surface area contributed by atoms with E-state index in [9.17, 15) is 4.79 Å². The van der Waals surface area contributed by atoms with Crippen molar-refractivity contribution in [3.63, 3.8) is 0 Å². The molecule has 5 nitrogen and oxygen atoms in total. The molecule has 3 aromatic rings. The highest BCUT2D eigenvalue weighted by Crippen LogP contribution is 2.25. The van der Waals surface area contributed by atoms with Gasteiger partial charge in [0.25, 0.3) is 0 Å². The van der Waals surface area contributed by atoms with Gasteiger partial charge in [0.2, 0.25) is 5.91 Å². The predicted molar refractivity (Wildman–Crippen MR) is 120 cm³/mol. The van der Waals surface area contributed by atoms with E-state index in [1.807, 2.05) is 86.6 Å². The molecule has 30 heavy (non-hydrogen) atoms. The third-order valence-corrected chi connectivity index (χ3v) is 4.82. The highest BCUT2D eigenvalue weighted by molar-refractivity contribution is 5.96. The Labute approximate surface area is 178 Å². The largest absolute Gasteiger partial charge is 0.493 e. The molecule has 0 saturated heterocycles. The normalized spacial score (nSPS) is 11.6. The quantitative estimate of drug-likeness (QED) is 0.509. The van der Waals surface area contributed by atoms with Gasteiger partial charge < -0.3 is 14.8 Å². The van der Waals surface area contributed by atoms with E-state index in [1.165, 1.54) is 0 Å². The van der Waals surface area contributed by atoms with Gasteiger partial charge in [0.1, 0.15) is 12.6 Å². The summed E-state index contributed by atoms with van der Waals surface area (Å²) in [6.45, 7) is 4.90. The average molecular weight is 405 g/mol.